The zero-order valence-electron chi connectivity index (χ0n) is 12.7. The van der Waals surface area contributed by atoms with E-state index >= 15 is 0 Å². The number of hydrogen-bond donors (Lipinski definition) is 1. The van der Waals surface area contributed by atoms with Gasteiger partial charge in [0, 0.05) is 24.2 Å². The molecule has 3 heterocycles. The van der Waals surface area contributed by atoms with Crippen molar-refractivity contribution in [1.29, 1.82) is 0 Å². The molecular formula is C16H19Cl2N3S2. The fourth-order valence-electron chi connectivity index (χ4n) is 3.76. The predicted molar refractivity (Wildman–Crippen MR) is 98.6 cm³/mol. The van der Waals surface area contributed by atoms with Gasteiger partial charge in [-0.3, -0.25) is 4.90 Å². The van der Waals surface area contributed by atoms with Gasteiger partial charge in [-0.1, -0.05) is 23.2 Å². The maximum atomic E-state index is 6.37. The number of thiazole rings is 1. The molecule has 2 aromatic heterocycles. The monoisotopic (exact) mass is 387 g/mol. The lowest BCUT2D eigenvalue weighted by molar-refractivity contribution is 0.188. The minimum Gasteiger partial charge on any atom is -0.317 e. The van der Waals surface area contributed by atoms with Gasteiger partial charge >= 0.3 is 0 Å². The number of nitrogens with zero attached hydrogens (tertiary/aromatic N) is 2. The molecule has 0 aromatic carbocycles. The molecule has 1 unspecified atom stereocenters. The van der Waals surface area contributed by atoms with Gasteiger partial charge in [0.15, 0.2) is 0 Å². The third-order valence-corrected chi connectivity index (χ3v) is 7.82. The number of halogens is 2. The normalized spacial score (nSPS) is 22.8. The zero-order chi connectivity index (χ0) is 15.9. The molecule has 7 heteroatoms. The highest BCUT2D eigenvalue weighted by Crippen LogP contribution is 2.56. The van der Waals surface area contributed by atoms with E-state index < -0.39 is 0 Å². The Hall–Kier alpha value is -0.170. The van der Waals surface area contributed by atoms with Gasteiger partial charge in [0.2, 0.25) is 0 Å². The van der Waals surface area contributed by atoms with Crippen molar-refractivity contribution in [2.75, 3.05) is 13.1 Å². The largest absolute Gasteiger partial charge is 0.317 e. The number of aromatic nitrogens is 1. The number of nitrogens with one attached hydrogen (secondary N) is 1. The number of hydrogen-bond acceptors (Lipinski definition) is 5. The van der Waals surface area contributed by atoms with E-state index in [0.717, 1.165) is 36.8 Å². The van der Waals surface area contributed by atoms with Crippen LogP contribution >= 0.6 is 45.9 Å². The second-order valence-electron chi connectivity index (χ2n) is 6.51. The van der Waals surface area contributed by atoms with Crippen LogP contribution in [0.2, 0.25) is 9.36 Å². The van der Waals surface area contributed by atoms with E-state index in [4.69, 9.17) is 23.2 Å². The van der Waals surface area contributed by atoms with Gasteiger partial charge in [0.05, 0.1) is 11.6 Å². The van der Waals surface area contributed by atoms with Gasteiger partial charge in [-0.2, -0.15) is 0 Å². The minimum atomic E-state index is 0.509. The molecule has 1 atom stereocenters. The van der Waals surface area contributed by atoms with Crippen LogP contribution in [0.3, 0.4) is 0 Å². The van der Waals surface area contributed by atoms with Crippen LogP contribution in [0.15, 0.2) is 17.0 Å². The summed E-state index contributed by atoms with van der Waals surface area (Å²) < 4.78 is 0.697. The molecule has 0 bridgehead atoms. The Morgan fingerprint density at radius 3 is 2.74 bits per heavy atom. The van der Waals surface area contributed by atoms with Crippen LogP contribution in [-0.2, 0) is 13.1 Å². The van der Waals surface area contributed by atoms with Crippen LogP contribution in [0.4, 0.5) is 0 Å². The van der Waals surface area contributed by atoms with E-state index in [1.165, 1.54) is 35.6 Å². The molecule has 2 fully saturated rings. The zero-order valence-corrected chi connectivity index (χ0v) is 15.9. The van der Waals surface area contributed by atoms with Gasteiger partial charge in [-0.25, -0.2) is 4.98 Å². The first kappa shape index (κ1) is 16.3. The molecule has 124 valence electrons. The fourth-order valence-corrected chi connectivity index (χ4v) is 5.64. The highest BCUT2D eigenvalue weighted by molar-refractivity contribution is 7.15. The summed E-state index contributed by atoms with van der Waals surface area (Å²) in [6, 6.07) is 0.642. The van der Waals surface area contributed by atoms with E-state index in [1.54, 1.807) is 11.3 Å². The SMILES string of the molecule is Clc1scc(CN(Cc2nccs2)C2CC23CCNCC3)c1Cl. The molecular weight excluding hydrogens is 369 g/mol. The molecule has 4 rings (SSSR count). The highest BCUT2D eigenvalue weighted by atomic mass is 35.5. The summed E-state index contributed by atoms with van der Waals surface area (Å²) in [7, 11) is 0. The average Bonchev–Trinajstić information content (AvgIpc) is 2.88. The lowest BCUT2D eigenvalue weighted by atomic mass is 9.93. The smallest absolute Gasteiger partial charge is 0.112 e. The summed E-state index contributed by atoms with van der Waals surface area (Å²) in [5.41, 5.74) is 1.66. The van der Waals surface area contributed by atoms with Crippen molar-refractivity contribution >= 4 is 45.9 Å². The Balaban J connectivity index is 1.53. The standard InChI is InChI=1S/C16H19Cl2N3S2/c17-14-11(10-23-15(14)18)8-21(9-13-20-5-6-22-13)12-7-16(12)1-3-19-4-2-16/h5-6,10,12,19H,1-4,7-9H2. The second kappa shape index (κ2) is 6.62. The summed E-state index contributed by atoms with van der Waals surface area (Å²) in [5.74, 6) is 0. The number of piperidine rings is 1. The van der Waals surface area contributed by atoms with Crippen molar-refractivity contribution in [3.8, 4) is 0 Å². The van der Waals surface area contributed by atoms with Crippen LogP contribution in [0, 0.1) is 5.41 Å². The van der Waals surface area contributed by atoms with Crippen molar-refractivity contribution in [2.45, 2.75) is 38.4 Å². The van der Waals surface area contributed by atoms with Crippen molar-refractivity contribution in [2.24, 2.45) is 5.41 Å². The second-order valence-corrected chi connectivity index (χ2v) is 9.35. The lowest BCUT2D eigenvalue weighted by Crippen LogP contribution is -2.35. The molecule has 0 radical (unpaired) electrons. The molecule has 3 nitrogen and oxygen atoms in total. The van der Waals surface area contributed by atoms with E-state index in [2.05, 4.69) is 26.0 Å². The van der Waals surface area contributed by atoms with Crippen LogP contribution in [0.25, 0.3) is 0 Å². The Labute approximate surface area is 154 Å². The predicted octanol–water partition coefficient (Wildman–Crippen LogP) is 4.66. The average molecular weight is 388 g/mol. The van der Waals surface area contributed by atoms with Gasteiger partial charge in [-0.15, -0.1) is 22.7 Å². The van der Waals surface area contributed by atoms with Crippen molar-refractivity contribution in [3.63, 3.8) is 0 Å². The molecule has 0 amide bonds. The molecule has 1 saturated heterocycles. The Kier molecular flexibility index (Phi) is 4.69. The molecule has 2 aromatic rings. The van der Waals surface area contributed by atoms with Gasteiger partial charge < -0.3 is 5.32 Å². The fraction of sp³-hybridized carbons (Fsp3) is 0.562. The maximum absolute atomic E-state index is 6.37. The van der Waals surface area contributed by atoms with Crippen LogP contribution < -0.4 is 5.32 Å². The van der Waals surface area contributed by atoms with Crippen molar-refractivity contribution < 1.29 is 0 Å². The van der Waals surface area contributed by atoms with Crippen LogP contribution in [-0.4, -0.2) is 29.0 Å². The van der Waals surface area contributed by atoms with Gasteiger partial charge in [-0.05, 0) is 48.7 Å². The quantitative estimate of drug-likeness (QED) is 0.808. The molecule has 1 spiro atoms. The van der Waals surface area contributed by atoms with Gasteiger partial charge in [0.25, 0.3) is 0 Å². The minimum absolute atomic E-state index is 0.509. The van der Waals surface area contributed by atoms with E-state index in [0.29, 0.717) is 15.8 Å². The highest BCUT2D eigenvalue weighted by Gasteiger charge is 2.56. The Bertz CT molecular complexity index is 665. The molecule has 23 heavy (non-hydrogen) atoms. The van der Waals surface area contributed by atoms with E-state index in [-0.39, 0.29) is 0 Å². The first-order valence-corrected chi connectivity index (χ1v) is 10.4. The first-order valence-electron chi connectivity index (χ1n) is 7.92. The maximum Gasteiger partial charge on any atom is 0.112 e. The summed E-state index contributed by atoms with van der Waals surface area (Å²) in [4.78, 5) is 7.04. The summed E-state index contributed by atoms with van der Waals surface area (Å²) in [6.45, 7) is 4.06. The number of rotatable bonds is 5. The van der Waals surface area contributed by atoms with E-state index in [9.17, 15) is 0 Å². The van der Waals surface area contributed by atoms with Gasteiger partial charge in [0.1, 0.15) is 9.34 Å². The Morgan fingerprint density at radius 2 is 2.09 bits per heavy atom. The summed E-state index contributed by atoms with van der Waals surface area (Å²) in [6.07, 6.45) is 5.75. The van der Waals surface area contributed by atoms with Crippen molar-refractivity contribution in [1.82, 2.24) is 15.2 Å². The number of thiophene rings is 1. The Morgan fingerprint density at radius 1 is 1.26 bits per heavy atom. The summed E-state index contributed by atoms with van der Waals surface area (Å²) >= 11 is 15.8. The molecule has 1 N–H and O–H groups in total. The molecule has 1 saturated carbocycles. The first-order chi connectivity index (χ1) is 11.2. The van der Waals surface area contributed by atoms with E-state index in [1.807, 2.05) is 6.20 Å². The third-order valence-electron chi connectivity index (χ3n) is 5.14. The van der Waals surface area contributed by atoms with Crippen LogP contribution in [0.5, 0.6) is 0 Å². The molecule has 1 aliphatic heterocycles. The topological polar surface area (TPSA) is 28.2 Å². The lowest BCUT2D eigenvalue weighted by Gasteiger charge is -2.29. The third kappa shape index (κ3) is 3.32. The van der Waals surface area contributed by atoms with Crippen molar-refractivity contribution in [3.05, 3.63) is 36.9 Å². The van der Waals surface area contributed by atoms with Crippen LogP contribution in [0.1, 0.15) is 29.8 Å². The molecule has 2 aliphatic rings. The summed E-state index contributed by atoms with van der Waals surface area (Å²) in [5, 5.41) is 9.53. The molecule has 1 aliphatic carbocycles.